The highest BCUT2D eigenvalue weighted by Crippen LogP contribution is 2.23. The van der Waals surface area contributed by atoms with Crippen molar-refractivity contribution in [1.82, 2.24) is 10.6 Å². The zero-order valence-electron chi connectivity index (χ0n) is 11.6. The Bertz CT molecular complexity index is 612. The van der Waals surface area contributed by atoms with E-state index in [1.165, 1.54) is 16.9 Å². The minimum atomic E-state index is -0.654. The first-order chi connectivity index (χ1) is 10.3. The lowest BCUT2D eigenvalue weighted by molar-refractivity contribution is -0.123. The van der Waals surface area contributed by atoms with Crippen LogP contribution in [0.4, 0.5) is 0 Å². The van der Waals surface area contributed by atoms with Gasteiger partial charge in [-0.1, -0.05) is 24.3 Å². The van der Waals surface area contributed by atoms with E-state index in [1.54, 1.807) is 0 Å². The minimum Gasteiger partial charge on any atom is -0.387 e. The highest BCUT2D eigenvalue weighted by molar-refractivity contribution is 7.07. The summed E-state index contributed by atoms with van der Waals surface area (Å²) in [5.74, 6) is -0.0866. The van der Waals surface area contributed by atoms with Crippen LogP contribution in [-0.2, 0) is 11.2 Å². The van der Waals surface area contributed by atoms with Gasteiger partial charge in [-0.3, -0.25) is 4.79 Å². The predicted molar refractivity (Wildman–Crippen MR) is 83.2 cm³/mol. The molecule has 2 unspecified atom stereocenters. The summed E-state index contributed by atoms with van der Waals surface area (Å²) in [4.78, 5) is 12.4. The minimum absolute atomic E-state index is 0.0866. The van der Waals surface area contributed by atoms with Gasteiger partial charge >= 0.3 is 0 Å². The summed E-state index contributed by atoms with van der Waals surface area (Å²) in [7, 11) is 0. The highest BCUT2D eigenvalue weighted by atomic mass is 32.1. The first-order valence-corrected chi connectivity index (χ1v) is 7.99. The van der Waals surface area contributed by atoms with Crippen LogP contribution in [0.5, 0.6) is 0 Å². The molecular formula is C16H18N2O2S. The molecule has 1 aromatic carbocycles. The van der Waals surface area contributed by atoms with Crippen molar-refractivity contribution < 1.29 is 9.90 Å². The Morgan fingerprint density at radius 3 is 3.10 bits per heavy atom. The van der Waals surface area contributed by atoms with Crippen molar-refractivity contribution in [2.24, 2.45) is 0 Å². The summed E-state index contributed by atoms with van der Waals surface area (Å²) >= 11 is 1.54. The molecule has 3 rings (SSSR count). The summed E-state index contributed by atoms with van der Waals surface area (Å²) in [6, 6.07) is 9.55. The van der Waals surface area contributed by atoms with Crippen molar-refractivity contribution in [1.29, 1.82) is 0 Å². The van der Waals surface area contributed by atoms with Gasteiger partial charge in [-0.05, 0) is 39.9 Å². The standard InChI is InChI=1S/C16H18N2O2S/c19-14(12-6-8-21-10-12)9-18-16(20)15-13-4-2-1-3-11(13)5-7-17-15/h1-4,6,8,10,14-15,17,19H,5,7,9H2,(H,18,20). The second-order valence-electron chi connectivity index (χ2n) is 5.15. The van der Waals surface area contributed by atoms with Gasteiger partial charge in [0.25, 0.3) is 0 Å². The van der Waals surface area contributed by atoms with Crippen LogP contribution < -0.4 is 10.6 Å². The van der Waals surface area contributed by atoms with Gasteiger partial charge in [-0.25, -0.2) is 0 Å². The van der Waals surface area contributed by atoms with Crippen LogP contribution >= 0.6 is 11.3 Å². The van der Waals surface area contributed by atoms with Gasteiger partial charge in [-0.2, -0.15) is 11.3 Å². The number of nitrogens with one attached hydrogen (secondary N) is 2. The van der Waals surface area contributed by atoms with Crippen molar-refractivity contribution >= 4 is 17.2 Å². The number of aliphatic hydroxyl groups excluding tert-OH is 1. The van der Waals surface area contributed by atoms with Crippen molar-refractivity contribution in [3.05, 3.63) is 57.8 Å². The van der Waals surface area contributed by atoms with Crippen molar-refractivity contribution in [2.75, 3.05) is 13.1 Å². The molecule has 3 N–H and O–H groups in total. The number of amides is 1. The molecule has 0 fully saturated rings. The number of hydrogen-bond acceptors (Lipinski definition) is 4. The molecule has 1 amide bonds. The van der Waals surface area contributed by atoms with E-state index in [2.05, 4.69) is 16.7 Å². The van der Waals surface area contributed by atoms with Gasteiger partial charge in [0.1, 0.15) is 6.04 Å². The predicted octanol–water partition coefficient (Wildman–Crippen LogP) is 1.78. The molecule has 0 spiro atoms. The van der Waals surface area contributed by atoms with Crippen molar-refractivity contribution in [2.45, 2.75) is 18.6 Å². The van der Waals surface area contributed by atoms with Crippen LogP contribution in [0, 0.1) is 0 Å². The number of thiophene rings is 1. The van der Waals surface area contributed by atoms with E-state index in [-0.39, 0.29) is 18.5 Å². The van der Waals surface area contributed by atoms with Crippen LogP contribution in [0.3, 0.4) is 0 Å². The van der Waals surface area contributed by atoms with E-state index in [0.717, 1.165) is 24.1 Å². The number of aliphatic hydroxyl groups is 1. The number of hydrogen-bond donors (Lipinski definition) is 3. The zero-order chi connectivity index (χ0) is 14.7. The molecule has 110 valence electrons. The SMILES string of the molecule is O=C(NCC(O)c1ccsc1)C1NCCc2ccccc21. The fourth-order valence-corrected chi connectivity index (χ4v) is 3.33. The Balaban J connectivity index is 1.64. The lowest BCUT2D eigenvalue weighted by atomic mass is 9.94. The quantitative estimate of drug-likeness (QED) is 0.807. The molecule has 0 saturated carbocycles. The summed E-state index contributed by atoms with van der Waals surface area (Å²) in [5.41, 5.74) is 3.10. The molecule has 1 aromatic heterocycles. The molecule has 21 heavy (non-hydrogen) atoms. The van der Waals surface area contributed by atoms with Crippen LogP contribution in [-0.4, -0.2) is 24.1 Å². The first kappa shape index (κ1) is 14.3. The Hall–Kier alpha value is -1.69. The Labute approximate surface area is 127 Å². The first-order valence-electron chi connectivity index (χ1n) is 7.05. The Kier molecular flexibility index (Phi) is 4.34. The van der Waals surface area contributed by atoms with Gasteiger partial charge in [-0.15, -0.1) is 0 Å². The van der Waals surface area contributed by atoms with E-state index in [1.807, 2.05) is 35.0 Å². The molecule has 5 heteroatoms. The monoisotopic (exact) mass is 302 g/mol. The third-order valence-electron chi connectivity index (χ3n) is 3.77. The Morgan fingerprint density at radius 1 is 1.43 bits per heavy atom. The number of benzene rings is 1. The molecule has 0 bridgehead atoms. The summed E-state index contributed by atoms with van der Waals surface area (Å²) in [6.45, 7) is 1.03. The topological polar surface area (TPSA) is 61.4 Å². The average Bonchev–Trinajstić information content (AvgIpc) is 3.06. The normalized spacial score (nSPS) is 18.8. The lowest BCUT2D eigenvalue weighted by Crippen LogP contribution is -2.42. The zero-order valence-corrected chi connectivity index (χ0v) is 12.4. The van der Waals surface area contributed by atoms with Crippen LogP contribution in [0.1, 0.15) is 28.8 Å². The average molecular weight is 302 g/mol. The van der Waals surface area contributed by atoms with Gasteiger partial charge in [0, 0.05) is 13.1 Å². The lowest BCUT2D eigenvalue weighted by Gasteiger charge is -2.26. The molecule has 2 aromatic rings. The van der Waals surface area contributed by atoms with Gasteiger partial charge in [0.15, 0.2) is 0 Å². The third kappa shape index (κ3) is 3.15. The summed E-state index contributed by atoms with van der Waals surface area (Å²) in [6.07, 6.45) is 0.288. The maximum atomic E-state index is 12.4. The second-order valence-corrected chi connectivity index (χ2v) is 5.93. The van der Waals surface area contributed by atoms with Gasteiger partial charge < -0.3 is 15.7 Å². The molecule has 2 heterocycles. The smallest absolute Gasteiger partial charge is 0.241 e. The summed E-state index contributed by atoms with van der Waals surface area (Å²) in [5, 5.41) is 19.9. The van der Waals surface area contributed by atoms with Crippen molar-refractivity contribution in [3.63, 3.8) is 0 Å². The number of fused-ring (bicyclic) bond motifs is 1. The highest BCUT2D eigenvalue weighted by Gasteiger charge is 2.25. The van der Waals surface area contributed by atoms with Gasteiger partial charge in [0.2, 0.25) is 5.91 Å². The second kappa shape index (κ2) is 6.39. The van der Waals surface area contributed by atoms with E-state index in [0.29, 0.717) is 0 Å². The molecule has 2 atom stereocenters. The van der Waals surface area contributed by atoms with Crippen LogP contribution in [0.15, 0.2) is 41.1 Å². The maximum Gasteiger partial charge on any atom is 0.241 e. The number of rotatable bonds is 4. The molecule has 0 saturated heterocycles. The fraction of sp³-hybridized carbons (Fsp3) is 0.312. The number of carbonyl (C=O) groups is 1. The van der Waals surface area contributed by atoms with E-state index >= 15 is 0 Å². The molecule has 4 nitrogen and oxygen atoms in total. The molecule has 0 aliphatic carbocycles. The van der Waals surface area contributed by atoms with Crippen LogP contribution in [0.25, 0.3) is 0 Å². The van der Waals surface area contributed by atoms with Crippen LogP contribution in [0.2, 0.25) is 0 Å². The van der Waals surface area contributed by atoms with E-state index < -0.39 is 6.10 Å². The van der Waals surface area contributed by atoms with E-state index in [9.17, 15) is 9.90 Å². The molecular weight excluding hydrogens is 284 g/mol. The molecule has 0 radical (unpaired) electrons. The molecule has 1 aliphatic rings. The Morgan fingerprint density at radius 2 is 2.29 bits per heavy atom. The maximum absolute atomic E-state index is 12.4. The summed E-state index contributed by atoms with van der Waals surface area (Å²) < 4.78 is 0. The third-order valence-corrected chi connectivity index (χ3v) is 4.47. The largest absolute Gasteiger partial charge is 0.387 e. The van der Waals surface area contributed by atoms with Crippen molar-refractivity contribution in [3.8, 4) is 0 Å². The van der Waals surface area contributed by atoms with Gasteiger partial charge in [0.05, 0.1) is 6.10 Å². The van der Waals surface area contributed by atoms with E-state index in [4.69, 9.17) is 0 Å². The fourth-order valence-electron chi connectivity index (χ4n) is 2.62. The molecule has 1 aliphatic heterocycles. The number of carbonyl (C=O) groups excluding carboxylic acids is 1.